The zero-order valence-corrected chi connectivity index (χ0v) is 12.2. The molecule has 0 atom stereocenters. The molecule has 0 fully saturated rings. The first-order valence-corrected chi connectivity index (χ1v) is 7.21. The van der Waals surface area contributed by atoms with E-state index in [2.05, 4.69) is 17.2 Å². The number of anilines is 1. The number of carbonyl (C=O) groups excluding carboxylic acids is 1. The van der Waals surface area contributed by atoms with Crippen LogP contribution in [0.3, 0.4) is 0 Å². The molecule has 110 valence electrons. The summed E-state index contributed by atoms with van der Waals surface area (Å²) >= 11 is 0. The van der Waals surface area contributed by atoms with Crippen LogP contribution in [-0.4, -0.2) is 10.9 Å². The minimum absolute atomic E-state index is 0.0277. The summed E-state index contributed by atoms with van der Waals surface area (Å²) in [6.45, 7) is 2.51. The van der Waals surface area contributed by atoms with Crippen molar-refractivity contribution in [3.05, 3.63) is 54.2 Å². The highest BCUT2D eigenvalue weighted by atomic mass is 16.5. The van der Waals surface area contributed by atoms with Gasteiger partial charge >= 0.3 is 0 Å². The topological polar surface area (TPSA) is 51.2 Å². The van der Waals surface area contributed by atoms with E-state index in [1.165, 1.54) is 0 Å². The third-order valence-corrected chi connectivity index (χ3v) is 3.02. The van der Waals surface area contributed by atoms with E-state index in [-0.39, 0.29) is 5.91 Å². The second-order valence-electron chi connectivity index (χ2n) is 4.78. The second kappa shape index (κ2) is 8.04. The first-order valence-electron chi connectivity index (χ1n) is 7.21. The van der Waals surface area contributed by atoms with Gasteiger partial charge < -0.3 is 10.1 Å². The van der Waals surface area contributed by atoms with E-state index in [1.54, 1.807) is 12.3 Å². The van der Waals surface area contributed by atoms with Crippen LogP contribution in [0.4, 0.5) is 5.82 Å². The summed E-state index contributed by atoms with van der Waals surface area (Å²) in [5.74, 6) is 1.04. The Morgan fingerprint density at radius 1 is 1.19 bits per heavy atom. The van der Waals surface area contributed by atoms with Crippen molar-refractivity contribution in [3.63, 3.8) is 0 Å². The number of unbranched alkanes of at least 4 members (excludes halogenated alkanes) is 1. The van der Waals surface area contributed by atoms with Crippen LogP contribution in [0.15, 0.2) is 48.7 Å². The van der Waals surface area contributed by atoms with Gasteiger partial charge in [-0.05, 0) is 24.1 Å². The van der Waals surface area contributed by atoms with Crippen LogP contribution in [0.2, 0.25) is 0 Å². The number of benzene rings is 1. The maximum atomic E-state index is 11.8. The Kier molecular flexibility index (Phi) is 5.76. The lowest BCUT2D eigenvalue weighted by atomic mass is 10.2. The molecule has 1 aromatic heterocycles. The number of rotatable bonds is 7. The SMILES string of the molecule is CCCCC(=O)Nc1ncccc1OCc1ccccc1. The van der Waals surface area contributed by atoms with Crippen LogP contribution in [-0.2, 0) is 11.4 Å². The minimum atomic E-state index is -0.0277. The van der Waals surface area contributed by atoms with Gasteiger partial charge in [0.15, 0.2) is 11.6 Å². The normalized spacial score (nSPS) is 10.1. The quantitative estimate of drug-likeness (QED) is 0.841. The Labute approximate surface area is 125 Å². The molecule has 21 heavy (non-hydrogen) atoms. The molecule has 0 aliphatic heterocycles. The van der Waals surface area contributed by atoms with Crippen molar-refractivity contribution < 1.29 is 9.53 Å². The van der Waals surface area contributed by atoms with E-state index in [9.17, 15) is 4.79 Å². The van der Waals surface area contributed by atoms with Gasteiger partial charge in [-0.2, -0.15) is 0 Å². The van der Waals surface area contributed by atoms with E-state index < -0.39 is 0 Å². The zero-order valence-electron chi connectivity index (χ0n) is 12.2. The molecule has 0 aliphatic rings. The van der Waals surface area contributed by atoms with Crippen molar-refractivity contribution in [3.8, 4) is 5.75 Å². The standard InChI is InChI=1S/C17H20N2O2/c1-2-3-11-16(20)19-17-15(10-7-12-18-17)21-13-14-8-5-4-6-9-14/h4-10,12H,2-3,11,13H2,1H3,(H,18,19,20). The van der Waals surface area contributed by atoms with E-state index in [0.29, 0.717) is 24.6 Å². The van der Waals surface area contributed by atoms with Gasteiger partial charge in [-0.15, -0.1) is 0 Å². The summed E-state index contributed by atoms with van der Waals surface area (Å²) in [5, 5.41) is 2.81. The molecule has 0 aliphatic carbocycles. The highest BCUT2D eigenvalue weighted by molar-refractivity contribution is 5.90. The van der Waals surface area contributed by atoms with E-state index in [1.807, 2.05) is 36.4 Å². The van der Waals surface area contributed by atoms with Gasteiger partial charge in [-0.25, -0.2) is 4.98 Å². The van der Waals surface area contributed by atoms with Gasteiger partial charge in [-0.1, -0.05) is 43.7 Å². The molecular formula is C17H20N2O2. The number of pyridine rings is 1. The third kappa shape index (κ3) is 4.91. The number of carbonyl (C=O) groups is 1. The third-order valence-electron chi connectivity index (χ3n) is 3.02. The fourth-order valence-corrected chi connectivity index (χ4v) is 1.87. The molecule has 4 heteroatoms. The lowest BCUT2D eigenvalue weighted by molar-refractivity contribution is -0.116. The molecule has 1 aromatic carbocycles. The smallest absolute Gasteiger partial charge is 0.225 e. The fraction of sp³-hybridized carbons (Fsp3) is 0.294. The highest BCUT2D eigenvalue weighted by Crippen LogP contribution is 2.22. The van der Waals surface area contributed by atoms with Crippen LogP contribution >= 0.6 is 0 Å². The number of aromatic nitrogens is 1. The summed E-state index contributed by atoms with van der Waals surface area (Å²) in [5.41, 5.74) is 1.07. The molecule has 0 radical (unpaired) electrons. The van der Waals surface area contributed by atoms with Gasteiger partial charge in [-0.3, -0.25) is 4.79 Å². The maximum absolute atomic E-state index is 11.8. The Hall–Kier alpha value is -2.36. The van der Waals surface area contributed by atoms with Crippen molar-refractivity contribution in [2.75, 3.05) is 5.32 Å². The fourth-order valence-electron chi connectivity index (χ4n) is 1.87. The predicted octanol–water partition coefficient (Wildman–Crippen LogP) is 3.79. The zero-order chi connectivity index (χ0) is 14.9. The van der Waals surface area contributed by atoms with Gasteiger partial charge in [0.05, 0.1) is 0 Å². The number of hydrogen-bond acceptors (Lipinski definition) is 3. The second-order valence-corrected chi connectivity index (χ2v) is 4.78. The summed E-state index contributed by atoms with van der Waals surface area (Å²) in [4.78, 5) is 16.0. The average Bonchev–Trinajstić information content (AvgIpc) is 2.53. The van der Waals surface area contributed by atoms with Crippen molar-refractivity contribution in [1.29, 1.82) is 0 Å². The molecule has 2 aromatic rings. The molecule has 1 amide bonds. The van der Waals surface area contributed by atoms with Gasteiger partial charge in [0, 0.05) is 12.6 Å². The van der Waals surface area contributed by atoms with Crippen molar-refractivity contribution >= 4 is 11.7 Å². The van der Waals surface area contributed by atoms with Crippen molar-refractivity contribution in [2.24, 2.45) is 0 Å². The molecule has 0 bridgehead atoms. The van der Waals surface area contributed by atoms with Crippen molar-refractivity contribution in [2.45, 2.75) is 32.8 Å². The molecular weight excluding hydrogens is 264 g/mol. The molecule has 4 nitrogen and oxygen atoms in total. The van der Waals surface area contributed by atoms with E-state index in [0.717, 1.165) is 18.4 Å². The molecule has 2 rings (SSSR count). The lowest BCUT2D eigenvalue weighted by Gasteiger charge is -2.11. The monoisotopic (exact) mass is 284 g/mol. The van der Waals surface area contributed by atoms with Crippen LogP contribution in [0.25, 0.3) is 0 Å². The van der Waals surface area contributed by atoms with Gasteiger partial charge in [0.25, 0.3) is 0 Å². The summed E-state index contributed by atoms with van der Waals surface area (Å²) in [6, 6.07) is 13.5. The van der Waals surface area contributed by atoms with E-state index in [4.69, 9.17) is 4.74 Å². The predicted molar refractivity (Wildman–Crippen MR) is 83.2 cm³/mol. The molecule has 1 N–H and O–H groups in total. The Morgan fingerprint density at radius 3 is 2.76 bits per heavy atom. The van der Waals surface area contributed by atoms with Crippen molar-refractivity contribution in [1.82, 2.24) is 4.98 Å². The molecule has 0 saturated carbocycles. The van der Waals surface area contributed by atoms with Gasteiger partial charge in [0.1, 0.15) is 6.61 Å². The van der Waals surface area contributed by atoms with Crippen LogP contribution in [0, 0.1) is 0 Å². The number of nitrogens with zero attached hydrogens (tertiary/aromatic N) is 1. The Bertz CT molecular complexity index is 570. The first kappa shape index (κ1) is 15.0. The largest absolute Gasteiger partial charge is 0.485 e. The number of nitrogens with one attached hydrogen (secondary N) is 1. The van der Waals surface area contributed by atoms with E-state index >= 15 is 0 Å². The summed E-state index contributed by atoms with van der Waals surface area (Å²) < 4.78 is 5.75. The van der Waals surface area contributed by atoms with Crippen LogP contribution in [0.5, 0.6) is 5.75 Å². The average molecular weight is 284 g/mol. The molecule has 0 saturated heterocycles. The van der Waals surface area contributed by atoms with Crippen LogP contribution < -0.4 is 10.1 Å². The Morgan fingerprint density at radius 2 is 2.00 bits per heavy atom. The molecule has 1 heterocycles. The summed E-state index contributed by atoms with van der Waals surface area (Å²) in [6.07, 6.45) is 4.02. The maximum Gasteiger partial charge on any atom is 0.225 e. The number of amides is 1. The highest BCUT2D eigenvalue weighted by Gasteiger charge is 2.08. The molecule has 0 spiro atoms. The molecule has 0 unspecified atom stereocenters. The number of hydrogen-bond donors (Lipinski definition) is 1. The Balaban J connectivity index is 1.98. The first-order chi connectivity index (χ1) is 10.3. The number of ether oxygens (including phenoxy) is 1. The summed E-state index contributed by atoms with van der Waals surface area (Å²) in [7, 11) is 0. The lowest BCUT2D eigenvalue weighted by Crippen LogP contribution is -2.13. The minimum Gasteiger partial charge on any atom is -0.485 e. The van der Waals surface area contributed by atoms with Gasteiger partial charge in [0.2, 0.25) is 5.91 Å². The van der Waals surface area contributed by atoms with Crippen LogP contribution in [0.1, 0.15) is 31.7 Å².